The molecule has 0 atom stereocenters. The van der Waals surface area contributed by atoms with Crippen molar-refractivity contribution >= 4 is 35.4 Å². The fraction of sp³-hybridized carbons (Fsp3) is 0.0968. The Morgan fingerprint density at radius 2 is 1.58 bits per heavy atom. The zero-order valence-electron chi connectivity index (χ0n) is 23.1. The standard InChI is InChI=1S/C31H26N4O8/c1-3-42-28-18-20(8-17-27(28)43-31(38)22-9-13-23(14-10-22)35(39)40)19-32-34-30(37)25-6-4-5-7-26(25)33-29(36)21-11-15-24(41-2)16-12-21/h4-19H,3H2,1-2H3,(H,33,36)(H,34,37)/b32-19-. The summed E-state index contributed by atoms with van der Waals surface area (Å²) >= 11 is 0. The fourth-order valence-corrected chi connectivity index (χ4v) is 3.79. The number of amides is 2. The number of para-hydroxylation sites is 1. The molecule has 0 fully saturated rings. The van der Waals surface area contributed by atoms with Gasteiger partial charge in [-0.1, -0.05) is 12.1 Å². The summed E-state index contributed by atoms with van der Waals surface area (Å²) in [4.78, 5) is 48.4. The van der Waals surface area contributed by atoms with E-state index >= 15 is 0 Å². The van der Waals surface area contributed by atoms with Crippen LogP contribution in [0.25, 0.3) is 0 Å². The predicted molar refractivity (Wildman–Crippen MR) is 158 cm³/mol. The summed E-state index contributed by atoms with van der Waals surface area (Å²) in [6, 6.07) is 22.7. The van der Waals surface area contributed by atoms with E-state index in [0.717, 1.165) is 0 Å². The maximum atomic E-state index is 12.9. The number of rotatable bonds is 11. The Hall–Kier alpha value is -6.04. The second-order valence-electron chi connectivity index (χ2n) is 8.76. The van der Waals surface area contributed by atoms with Crippen LogP contribution < -0.4 is 25.0 Å². The Bertz CT molecular complexity index is 1670. The second-order valence-corrected chi connectivity index (χ2v) is 8.76. The van der Waals surface area contributed by atoms with Gasteiger partial charge in [-0.25, -0.2) is 10.2 Å². The van der Waals surface area contributed by atoms with Crippen molar-refractivity contribution in [1.29, 1.82) is 0 Å². The van der Waals surface area contributed by atoms with E-state index in [1.165, 1.54) is 43.7 Å². The number of non-ortho nitro benzene ring substituents is 1. The number of methoxy groups -OCH3 is 1. The largest absolute Gasteiger partial charge is 0.497 e. The van der Waals surface area contributed by atoms with Gasteiger partial charge in [0.1, 0.15) is 5.75 Å². The van der Waals surface area contributed by atoms with Gasteiger partial charge in [0.05, 0.1) is 41.7 Å². The van der Waals surface area contributed by atoms with E-state index < -0.39 is 22.7 Å². The fourth-order valence-electron chi connectivity index (χ4n) is 3.79. The molecule has 218 valence electrons. The molecule has 0 radical (unpaired) electrons. The first-order valence-electron chi connectivity index (χ1n) is 12.9. The first kappa shape index (κ1) is 29.9. The van der Waals surface area contributed by atoms with Crippen LogP contribution in [-0.4, -0.2) is 42.6 Å². The van der Waals surface area contributed by atoms with Crippen LogP contribution in [0.4, 0.5) is 11.4 Å². The van der Waals surface area contributed by atoms with Gasteiger partial charge in [0, 0.05) is 17.7 Å². The van der Waals surface area contributed by atoms with Crippen LogP contribution >= 0.6 is 0 Å². The minimum absolute atomic E-state index is 0.127. The molecular formula is C31H26N4O8. The van der Waals surface area contributed by atoms with Crippen LogP contribution in [0.2, 0.25) is 0 Å². The lowest BCUT2D eigenvalue weighted by Gasteiger charge is -2.11. The Morgan fingerprint density at radius 1 is 0.884 bits per heavy atom. The zero-order valence-corrected chi connectivity index (χ0v) is 23.1. The first-order valence-corrected chi connectivity index (χ1v) is 12.9. The molecule has 0 bridgehead atoms. The minimum atomic E-state index is -0.720. The Balaban J connectivity index is 1.42. The van der Waals surface area contributed by atoms with Gasteiger partial charge in [-0.05, 0) is 79.2 Å². The molecule has 0 aliphatic rings. The summed E-state index contributed by atoms with van der Waals surface area (Å²) in [5, 5.41) is 17.6. The zero-order chi connectivity index (χ0) is 30.8. The summed E-state index contributed by atoms with van der Waals surface area (Å²) in [5.41, 5.74) is 3.83. The van der Waals surface area contributed by atoms with Gasteiger partial charge in [-0.15, -0.1) is 0 Å². The van der Waals surface area contributed by atoms with Crippen molar-refractivity contribution in [2.24, 2.45) is 5.10 Å². The minimum Gasteiger partial charge on any atom is -0.497 e. The number of nitro benzene ring substituents is 1. The van der Waals surface area contributed by atoms with Crippen molar-refractivity contribution < 1.29 is 33.5 Å². The van der Waals surface area contributed by atoms with E-state index in [4.69, 9.17) is 14.2 Å². The topological polar surface area (TPSA) is 158 Å². The monoisotopic (exact) mass is 582 g/mol. The van der Waals surface area contributed by atoms with Gasteiger partial charge >= 0.3 is 5.97 Å². The van der Waals surface area contributed by atoms with Gasteiger partial charge < -0.3 is 19.5 Å². The van der Waals surface area contributed by atoms with Crippen LogP contribution in [-0.2, 0) is 0 Å². The Morgan fingerprint density at radius 3 is 2.26 bits per heavy atom. The van der Waals surface area contributed by atoms with E-state index in [9.17, 15) is 24.5 Å². The number of nitro groups is 1. The molecule has 0 aliphatic carbocycles. The van der Waals surface area contributed by atoms with Crippen LogP contribution in [0, 0.1) is 10.1 Å². The van der Waals surface area contributed by atoms with E-state index in [1.54, 1.807) is 67.6 Å². The van der Waals surface area contributed by atoms with Crippen LogP contribution in [0.15, 0.2) is 96.1 Å². The molecule has 2 amide bonds. The number of nitrogens with zero attached hydrogens (tertiary/aromatic N) is 2. The van der Waals surface area contributed by atoms with Crippen molar-refractivity contribution in [3.05, 3.63) is 123 Å². The van der Waals surface area contributed by atoms with Gasteiger partial charge in [0.25, 0.3) is 17.5 Å². The number of benzene rings is 4. The van der Waals surface area contributed by atoms with Crippen LogP contribution in [0.1, 0.15) is 43.6 Å². The normalized spacial score (nSPS) is 10.6. The molecular weight excluding hydrogens is 556 g/mol. The average molecular weight is 583 g/mol. The quantitative estimate of drug-likeness (QED) is 0.0799. The van der Waals surface area contributed by atoms with Gasteiger partial charge in [-0.2, -0.15) is 5.10 Å². The summed E-state index contributed by atoms with van der Waals surface area (Å²) in [6.45, 7) is 2.03. The lowest BCUT2D eigenvalue weighted by atomic mass is 10.1. The highest BCUT2D eigenvalue weighted by atomic mass is 16.6. The summed E-state index contributed by atoms with van der Waals surface area (Å²) in [5.74, 6) is -0.680. The van der Waals surface area contributed by atoms with Gasteiger partial charge in [0.15, 0.2) is 11.5 Å². The molecule has 0 saturated carbocycles. The lowest BCUT2D eigenvalue weighted by Crippen LogP contribution is -2.21. The smallest absolute Gasteiger partial charge is 0.343 e. The number of hydrogen-bond acceptors (Lipinski definition) is 9. The Kier molecular flexibility index (Phi) is 9.77. The number of esters is 1. The van der Waals surface area contributed by atoms with Crippen molar-refractivity contribution in [1.82, 2.24) is 5.43 Å². The number of ether oxygens (including phenoxy) is 3. The van der Waals surface area contributed by atoms with Crippen LogP contribution in [0.5, 0.6) is 17.2 Å². The highest BCUT2D eigenvalue weighted by Crippen LogP contribution is 2.29. The molecule has 43 heavy (non-hydrogen) atoms. The molecule has 0 unspecified atom stereocenters. The van der Waals surface area contributed by atoms with E-state index in [-0.39, 0.29) is 34.9 Å². The molecule has 0 saturated heterocycles. The predicted octanol–water partition coefficient (Wildman–Crippen LogP) is 5.24. The molecule has 4 aromatic rings. The maximum Gasteiger partial charge on any atom is 0.343 e. The van der Waals surface area contributed by atoms with E-state index in [2.05, 4.69) is 15.8 Å². The number of carbonyl (C=O) groups excluding carboxylic acids is 3. The van der Waals surface area contributed by atoms with Crippen LogP contribution in [0.3, 0.4) is 0 Å². The molecule has 2 N–H and O–H groups in total. The van der Waals surface area contributed by atoms with Crippen molar-refractivity contribution in [2.45, 2.75) is 6.92 Å². The van der Waals surface area contributed by atoms with Crippen molar-refractivity contribution in [3.8, 4) is 17.2 Å². The van der Waals surface area contributed by atoms with E-state index in [0.29, 0.717) is 22.6 Å². The second kappa shape index (κ2) is 14.0. The van der Waals surface area contributed by atoms with Gasteiger partial charge in [0.2, 0.25) is 0 Å². The molecule has 0 spiro atoms. The third-order valence-corrected chi connectivity index (χ3v) is 5.94. The molecule has 0 aromatic heterocycles. The summed E-state index contributed by atoms with van der Waals surface area (Å²) < 4.78 is 16.2. The highest BCUT2D eigenvalue weighted by molar-refractivity contribution is 6.09. The molecule has 12 heteroatoms. The number of hydrogen-bond donors (Lipinski definition) is 2. The average Bonchev–Trinajstić information content (AvgIpc) is 3.02. The third-order valence-electron chi connectivity index (χ3n) is 5.94. The van der Waals surface area contributed by atoms with Crippen molar-refractivity contribution in [3.63, 3.8) is 0 Å². The maximum absolute atomic E-state index is 12.9. The molecule has 0 aliphatic heterocycles. The SMILES string of the molecule is CCOc1cc(/C=N\NC(=O)c2ccccc2NC(=O)c2ccc(OC)cc2)ccc1OC(=O)c1ccc([N+](=O)[O-])cc1. The number of anilines is 1. The first-order chi connectivity index (χ1) is 20.8. The lowest BCUT2D eigenvalue weighted by molar-refractivity contribution is -0.384. The third kappa shape index (κ3) is 7.79. The summed E-state index contributed by atoms with van der Waals surface area (Å²) in [7, 11) is 1.53. The molecule has 0 heterocycles. The van der Waals surface area contributed by atoms with Crippen molar-refractivity contribution in [2.75, 3.05) is 19.0 Å². The van der Waals surface area contributed by atoms with E-state index in [1.807, 2.05) is 0 Å². The number of hydrazone groups is 1. The molecule has 4 aromatic carbocycles. The van der Waals surface area contributed by atoms with Gasteiger partial charge in [-0.3, -0.25) is 19.7 Å². The molecule has 4 rings (SSSR count). The highest BCUT2D eigenvalue weighted by Gasteiger charge is 2.16. The number of nitrogens with one attached hydrogen (secondary N) is 2. The summed E-state index contributed by atoms with van der Waals surface area (Å²) in [6.07, 6.45) is 1.38. The molecule has 12 nitrogen and oxygen atoms in total. The Labute approximate surface area is 246 Å². The number of carbonyl (C=O) groups is 3.